The summed E-state index contributed by atoms with van der Waals surface area (Å²) in [5, 5.41) is 13.6. The molecule has 0 bridgehead atoms. The molecule has 0 radical (unpaired) electrons. The molecule has 0 atom stereocenters. The van der Waals surface area contributed by atoms with Crippen molar-refractivity contribution >= 4 is 28.2 Å². The fraction of sp³-hybridized carbons (Fsp3) is 0.0769. The van der Waals surface area contributed by atoms with Crippen LogP contribution in [0.3, 0.4) is 0 Å². The van der Waals surface area contributed by atoms with Crippen LogP contribution in [0.1, 0.15) is 5.69 Å². The van der Waals surface area contributed by atoms with E-state index < -0.39 is 0 Å². The Labute approximate surface area is 118 Å². The van der Waals surface area contributed by atoms with Crippen LogP contribution in [0.25, 0.3) is 22.4 Å². The molecule has 7 heteroatoms. The molecular weight excluding hydrogens is 276 g/mol. The Bertz CT molecular complexity index is 925. The lowest BCUT2D eigenvalue weighted by atomic mass is 10.2. The van der Waals surface area contributed by atoms with Crippen LogP contribution in [0.4, 0.5) is 0 Å². The van der Waals surface area contributed by atoms with Gasteiger partial charge in [-0.15, -0.1) is 10.2 Å². The highest BCUT2D eigenvalue weighted by Crippen LogP contribution is 2.27. The maximum atomic E-state index is 6.29. The third-order valence-corrected chi connectivity index (χ3v) is 3.66. The zero-order valence-electron chi connectivity index (χ0n) is 10.5. The molecule has 0 saturated heterocycles. The van der Waals surface area contributed by atoms with Gasteiger partial charge in [0.2, 0.25) is 0 Å². The number of para-hydroxylation sites is 1. The minimum atomic E-state index is 0.560. The molecule has 0 aliphatic heterocycles. The number of hydrogen-bond acceptors (Lipinski definition) is 4. The molecular formula is C13H9ClN6. The molecule has 1 aromatic carbocycles. The second-order valence-corrected chi connectivity index (χ2v) is 4.83. The van der Waals surface area contributed by atoms with E-state index in [4.69, 9.17) is 11.6 Å². The lowest BCUT2D eigenvalue weighted by molar-refractivity contribution is 0.934. The first-order valence-electron chi connectivity index (χ1n) is 6.04. The summed E-state index contributed by atoms with van der Waals surface area (Å²) in [6.45, 7) is 1.87. The Morgan fingerprint density at radius 1 is 1.10 bits per heavy atom. The zero-order chi connectivity index (χ0) is 13.7. The smallest absolute Gasteiger partial charge is 0.176 e. The predicted molar refractivity (Wildman–Crippen MR) is 75.2 cm³/mol. The average molecular weight is 285 g/mol. The lowest BCUT2D eigenvalue weighted by Crippen LogP contribution is -2.01. The molecule has 20 heavy (non-hydrogen) atoms. The molecule has 0 amide bonds. The van der Waals surface area contributed by atoms with Crippen molar-refractivity contribution in [3.8, 4) is 5.82 Å². The van der Waals surface area contributed by atoms with Crippen molar-refractivity contribution in [2.24, 2.45) is 0 Å². The minimum Gasteiger partial charge on any atom is -0.271 e. The molecule has 0 unspecified atom stereocenters. The Hall–Kier alpha value is -2.47. The number of nitrogens with zero attached hydrogens (tertiary/aromatic N) is 6. The predicted octanol–water partition coefficient (Wildman–Crippen LogP) is 2.43. The summed E-state index contributed by atoms with van der Waals surface area (Å²) in [7, 11) is 0. The summed E-state index contributed by atoms with van der Waals surface area (Å²) in [6.07, 6.45) is 3.23. The summed E-state index contributed by atoms with van der Waals surface area (Å²) in [6, 6.07) is 7.90. The fourth-order valence-electron chi connectivity index (χ4n) is 2.28. The lowest BCUT2D eigenvalue weighted by Gasteiger charge is -2.07. The number of fused-ring (bicyclic) bond motifs is 3. The van der Waals surface area contributed by atoms with Crippen LogP contribution in [0.5, 0.6) is 0 Å². The standard InChI is InChI=1S/C13H9ClN6/c1-8-11(14)13-17-12(19-6-15-16-7-19)9-4-2-3-5-10(9)20(13)18-8/h2-7H,1H3. The van der Waals surface area contributed by atoms with Crippen LogP contribution < -0.4 is 0 Å². The Balaban J connectivity index is 2.24. The highest BCUT2D eigenvalue weighted by Gasteiger charge is 2.15. The molecule has 0 aliphatic rings. The number of hydrogen-bond donors (Lipinski definition) is 0. The molecule has 0 spiro atoms. The Kier molecular flexibility index (Phi) is 2.28. The van der Waals surface area contributed by atoms with E-state index in [9.17, 15) is 0 Å². The van der Waals surface area contributed by atoms with Crippen molar-refractivity contribution in [1.82, 2.24) is 29.4 Å². The van der Waals surface area contributed by atoms with Crippen LogP contribution >= 0.6 is 11.6 Å². The Morgan fingerprint density at radius 3 is 2.65 bits per heavy atom. The summed E-state index contributed by atoms with van der Waals surface area (Å²) in [4.78, 5) is 4.62. The number of aromatic nitrogens is 6. The van der Waals surface area contributed by atoms with Crippen LogP contribution in [0, 0.1) is 6.92 Å². The molecule has 4 aromatic rings. The third kappa shape index (κ3) is 1.45. The summed E-state index contributed by atoms with van der Waals surface area (Å²) in [5.41, 5.74) is 2.33. The maximum absolute atomic E-state index is 6.29. The van der Waals surface area contributed by atoms with Gasteiger partial charge in [-0.3, -0.25) is 4.57 Å². The minimum absolute atomic E-state index is 0.560. The maximum Gasteiger partial charge on any atom is 0.176 e. The monoisotopic (exact) mass is 284 g/mol. The van der Waals surface area contributed by atoms with E-state index in [0.717, 1.165) is 22.4 Å². The number of halogens is 1. The van der Waals surface area contributed by atoms with Gasteiger partial charge >= 0.3 is 0 Å². The van der Waals surface area contributed by atoms with Crippen molar-refractivity contribution in [2.45, 2.75) is 6.92 Å². The van der Waals surface area contributed by atoms with Crippen molar-refractivity contribution in [3.63, 3.8) is 0 Å². The van der Waals surface area contributed by atoms with Crippen LogP contribution in [-0.4, -0.2) is 29.4 Å². The van der Waals surface area contributed by atoms with Gasteiger partial charge in [0, 0.05) is 5.39 Å². The number of benzene rings is 1. The van der Waals surface area contributed by atoms with E-state index >= 15 is 0 Å². The van der Waals surface area contributed by atoms with Crippen molar-refractivity contribution < 1.29 is 0 Å². The summed E-state index contributed by atoms with van der Waals surface area (Å²) in [5.74, 6) is 0.736. The van der Waals surface area contributed by atoms with E-state index in [0.29, 0.717) is 10.7 Å². The van der Waals surface area contributed by atoms with Gasteiger partial charge in [0.15, 0.2) is 11.5 Å². The summed E-state index contributed by atoms with van der Waals surface area (Å²) < 4.78 is 3.53. The molecule has 98 valence electrons. The van der Waals surface area contributed by atoms with Gasteiger partial charge in [-0.25, -0.2) is 9.50 Å². The molecule has 3 heterocycles. The molecule has 0 fully saturated rings. The van der Waals surface area contributed by atoms with E-state index in [1.807, 2.05) is 31.2 Å². The van der Waals surface area contributed by atoms with Gasteiger partial charge in [0.1, 0.15) is 17.7 Å². The SMILES string of the molecule is Cc1nn2c(nc(-n3cnnc3)c3ccccc32)c1Cl. The van der Waals surface area contributed by atoms with Gasteiger partial charge < -0.3 is 0 Å². The van der Waals surface area contributed by atoms with E-state index in [1.165, 1.54) is 0 Å². The Morgan fingerprint density at radius 2 is 1.85 bits per heavy atom. The van der Waals surface area contributed by atoms with Gasteiger partial charge in [-0.1, -0.05) is 23.7 Å². The van der Waals surface area contributed by atoms with E-state index in [-0.39, 0.29) is 0 Å². The second kappa shape index (κ2) is 4.01. The molecule has 0 N–H and O–H groups in total. The zero-order valence-corrected chi connectivity index (χ0v) is 11.3. The topological polar surface area (TPSA) is 60.9 Å². The molecule has 0 aliphatic carbocycles. The number of rotatable bonds is 1. The van der Waals surface area contributed by atoms with Crippen LogP contribution in [0.2, 0.25) is 5.02 Å². The second-order valence-electron chi connectivity index (χ2n) is 4.46. The average Bonchev–Trinajstić information content (AvgIpc) is 3.09. The van der Waals surface area contributed by atoms with Gasteiger partial charge in [-0.2, -0.15) is 5.10 Å². The van der Waals surface area contributed by atoms with Crippen LogP contribution in [0.15, 0.2) is 36.9 Å². The first-order valence-corrected chi connectivity index (χ1v) is 6.42. The van der Waals surface area contributed by atoms with Gasteiger partial charge in [-0.05, 0) is 19.1 Å². The largest absolute Gasteiger partial charge is 0.271 e. The first-order chi connectivity index (χ1) is 9.75. The molecule has 3 aromatic heterocycles. The third-order valence-electron chi connectivity index (χ3n) is 3.21. The molecule has 6 nitrogen and oxygen atoms in total. The first kappa shape index (κ1) is 11.4. The summed E-state index contributed by atoms with van der Waals surface area (Å²) >= 11 is 6.29. The van der Waals surface area contributed by atoms with Crippen LogP contribution in [-0.2, 0) is 0 Å². The van der Waals surface area contributed by atoms with Gasteiger partial charge in [0.05, 0.1) is 11.2 Å². The number of aryl methyl sites for hydroxylation is 1. The molecule has 0 saturated carbocycles. The van der Waals surface area contributed by atoms with Crippen molar-refractivity contribution in [2.75, 3.05) is 0 Å². The normalized spacial score (nSPS) is 11.5. The quantitative estimate of drug-likeness (QED) is 0.538. The van der Waals surface area contributed by atoms with E-state index in [2.05, 4.69) is 20.3 Å². The molecule has 4 rings (SSSR count). The van der Waals surface area contributed by atoms with E-state index in [1.54, 1.807) is 21.7 Å². The van der Waals surface area contributed by atoms with Crippen molar-refractivity contribution in [1.29, 1.82) is 0 Å². The highest BCUT2D eigenvalue weighted by atomic mass is 35.5. The van der Waals surface area contributed by atoms with Gasteiger partial charge in [0.25, 0.3) is 0 Å². The van der Waals surface area contributed by atoms with Crippen molar-refractivity contribution in [3.05, 3.63) is 47.6 Å². The highest BCUT2D eigenvalue weighted by molar-refractivity contribution is 6.34. The fourth-order valence-corrected chi connectivity index (χ4v) is 2.44.